The summed E-state index contributed by atoms with van der Waals surface area (Å²) in [6, 6.07) is 0. The van der Waals surface area contributed by atoms with Gasteiger partial charge in [0.1, 0.15) is 5.76 Å². The summed E-state index contributed by atoms with van der Waals surface area (Å²) in [6.07, 6.45) is 5.57. The highest BCUT2D eigenvalue weighted by atomic mass is 16.5. The average molecular weight is 280 g/mol. The molecule has 20 heavy (non-hydrogen) atoms. The summed E-state index contributed by atoms with van der Waals surface area (Å²) in [6.45, 7) is 11.1. The van der Waals surface area contributed by atoms with E-state index in [0.717, 1.165) is 24.2 Å². The molecule has 0 aromatic carbocycles. The van der Waals surface area contributed by atoms with Gasteiger partial charge in [-0.3, -0.25) is 4.79 Å². The Morgan fingerprint density at radius 1 is 1.30 bits per heavy atom. The van der Waals surface area contributed by atoms with Crippen molar-refractivity contribution in [2.24, 2.45) is 5.41 Å². The molecule has 1 rings (SSSR count). The summed E-state index contributed by atoms with van der Waals surface area (Å²) in [5.41, 5.74) is 1.40. The maximum atomic E-state index is 12.1. The maximum Gasteiger partial charge on any atom is 0.273 e. The van der Waals surface area contributed by atoms with Gasteiger partial charge in [0.15, 0.2) is 5.69 Å². The van der Waals surface area contributed by atoms with E-state index < -0.39 is 0 Å². The van der Waals surface area contributed by atoms with E-state index in [0.29, 0.717) is 12.2 Å². The minimum atomic E-state index is -0.130. The second-order valence-electron chi connectivity index (χ2n) is 6.24. The quantitative estimate of drug-likeness (QED) is 0.735. The number of aryl methyl sites for hydroxylation is 1. The van der Waals surface area contributed by atoms with Gasteiger partial charge in [0.05, 0.1) is 0 Å². The van der Waals surface area contributed by atoms with E-state index in [-0.39, 0.29) is 11.3 Å². The van der Waals surface area contributed by atoms with Crippen molar-refractivity contribution in [1.29, 1.82) is 0 Å². The van der Waals surface area contributed by atoms with Crippen LogP contribution in [0.1, 0.15) is 75.2 Å². The molecule has 114 valence electrons. The molecule has 0 aliphatic rings. The summed E-state index contributed by atoms with van der Waals surface area (Å²) in [5.74, 6) is 0.659. The van der Waals surface area contributed by atoms with Crippen LogP contribution < -0.4 is 5.32 Å². The number of hydrogen-bond donors (Lipinski definition) is 1. The molecule has 0 bridgehead atoms. The van der Waals surface area contributed by atoms with Crippen LogP contribution in [-0.4, -0.2) is 17.6 Å². The van der Waals surface area contributed by atoms with Gasteiger partial charge in [-0.1, -0.05) is 52.1 Å². The van der Waals surface area contributed by atoms with Crippen LogP contribution >= 0.6 is 0 Å². The van der Waals surface area contributed by atoms with E-state index in [1.54, 1.807) is 0 Å². The SMILES string of the molecule is CCCCCC(C)(C)CNC(=O)c1noc(CC)c1C. The predicted octanol–water partition coefficient (Wildman–Crippen LogP) is 3.88. The van der Waals surface area contributed by atoms with Crippen molar-refractivity contribution < 1.29 is 9.32 Å². The molecule has 1 amide bonds. The van der Waals surface area contributed by atoms with Crippen LogP contribution in [-0.2, 0) is 6.42 Å². The molecule has 0 aliphatic heterocycles. The van der Waals surface area contributed by atoms with Gasteiger partial charge >= 0.3 is 0 Å². The first-order valence-corrected chi connectivity index (χ1v) is 7.64. The minimum absolute atomic E-state index is 0.121. The smallest absolute Gasteiger partial charge is 0.273 e. The molecule has 4 heteroatoms. The lowest BCUT2D eigenvalue weighted by atomic mass is 9.87. The number of amides is 1. The molecule has 1 heterocycles. The van der Waals surface area contributed by atoms with Crippen molar-refractivity contribution in [3.63, 3.8) is 0 Å². The highest BCUT2D eigenvalue weighted by Crippen LogP contribution is 2.23. The lowest BCUT2D eigenvalue weighted by Gasteiger charge is -2.24. The largest absolute Gasteiger partial charge is 0.360 e. The van der Waals surface area contributed by atoms with Gasteiger partial charge in [0.2, 0.25) is 0 Å². The van der Waals surface area contributed by atoms with Crippen molar-refractivity contribution in [3.05, 3.63) is 17.0 Å². The van der Waals surface area contributed by atoms with E-state index in [2.05, 4.69) is 31.2 Å². The number of carbonyl (C=O) groups is 1. The summed E-state index contributed by atoms with van der Waals surface area (Å²) in [5, 5.41) is 6.86. The summed E-state index contributed by atoms with van der Waals surface area (Å²) >= 11 is 0. The molecule has 0 aliphatic carbocycles. The van der Waals surface area contributed by atoms with Gasteiger partial charge < -0.3 is 9.84 Å². The molecule has 0 radical (unpaired) electrons. The van der Waals surface area contributed by atoms with E-state index in [9.17, 15) is 4.79 Å². The fourth-order valence-electron chi connectivity index (χ4n) is 2.26. The first-order chi connectivity index (χ1) is 9.41. The zero-order valence-corrected chi connectivity index (χ0v) is 13.5. The molecule has 0 spiro atoms. The molecule has 0 unspecified atom stereocenters. The number of carbonyl (C=O) groups excluding carboxylic acids is 1. The van der Waals surface area contributed by atoms with Gasteiger partial charge in [-0.25, -0.2) is 0 Å². The Morgan fingerprint density at radius 2 is 2.00 bits per heavy atom. The van der Waals surface area contributed by atoms with E-state index in [1.807, 2.05) is 13.8 Å². The van der Waals surface area contributed by atoms with Gasteiger partial charge in [-0.05, 0) is 18.8 Å². The first kappa shape index (κ1) is 16.7. The van der Waals surface area contributed by atoms with E-state index in [4.69, 9.17) is 4.52 Å². The molecule has 1 aromatic rings. The molecular formula is C16H28N2O2. The van der Waals surface area contributed by atoms with E-state index >= 15 is 0 Å². The zero-order chi connectivity index (χ0) is 15.2. The minimum Gasteiger partial charge on any atom is -0.360 e. The van der Waals surface area contributed by atoms with Crippen LogP contribution in [0.15, 0.2) is 4.52 Å². The van der Waals surface area contributed by atoms with Crippen LogP contribution in [0, 0.1) is 12.3 Å². The molecular weight excluding hydrogens is 252 g/mol. The Bertz CT molecular complexity index is 436. The van der Waals surface area contributed by atoms with Crippen molar-refractivity contribution >= 4 is 5.91 Å². The summed E-state index contributed by atoms with van der Waals surface area (Å²) < 4.78 is 5.17. The number of aromatic nitrogens is 1. The number of hydrogen-bond acceptors (Lipinski definition) is 3. The van der Waals surface area contributed by atoms with Gasteiger partial charge in [0, 0.05) is 18.5 Å². The number of nitrogens with zero attached hydrogens (tertiary/aromatic N) is 1. The number of unbranched alkanes of at least 4 members (excludes halogenated alkanes) is 2. The fraction of sp³-hybridized carbons (Fsp3) is 0.750. The molecule has 0 atom stereocenters. The highest BCUT2D eigenvalue weighted by Gasteiger charge is 2.22. The molecule has 1 aromatic heterocycles. The molecule has 0 saturated heterocycles. The molecule has 0 fully saturated rings. The third-order valence-electron chi connectivity index (χ3n) is 3.74. The third-order valence-corrected chi connectivity index (χ3v) is 3.74. The highest BCUT2D eigenvalue weighted by molar-refractivity contribution is 5.93. The monoisotopic (exact) mass is 280 g/mol. The zero-order valence-electron chi connectivity index (χ0n) is 13.5. The van der Waals surface area contributed by atoms with Gasteiger partial charge in [0.25, 0.3) is 5.91 Å². The summed E-state index contributed by atoms with van der Waals surface area (Å²) in [7, 11) is 0. The number of rotatable bonds is 8. The fourth-order valence-corrected chi connectivity index (χ4v) is 2.26. The van der Waals surface area contributed by atoms with Crippen LogP contribution in [0.3, 0.4) is 0 Å². The predicted molar refractivity (Wildman–Crippen MR) is 80.9 cm³/mol. The first-order valence-electron chi connectivity index (χ1n) is 7.64. The van der Waals surface area contributed by atoms with Crippen LogP contribution in [0.4, 0.5) is 0 Å². The van der Waals surface area contributed by atoms with Crippen LogP contribution in [0.2, 0.25) is 0 Å². The normalized spacial score (nSPS) is 11.7. The maximum absolute atomic E-state index is 12.1. The lowest BCUT2D eigenvalue weighted by Crippen LogP contribution is -2.34. The Hall–Kier alpha value is -1.32. The van der Waals surface area contributed by atoms with Crippen molar-refractivity contribution in [1.82, 2.24) is 10.5 Å². The molecule has 0 saturated carbocycles. The Kier molecular flexibility index (Phi) is 6.24. The Morgan fingerprint density at radius 3 is 2.55 bits per heavy atom. The summed E-state index contributed by atoms with van der Waals surface area (Å²) in [4.78, 5) is 12.1. The molecule has 1 N–H and O–H groups in total. The van der Waals surface area contributed by atoms with Gasteiger partial charge in [-0.2, -0.15) is 0 Å². The average Bonchev–Trinajstić information content (AvgIpc) is 2.77. The van der Waals surface area contributed by atoms with E-state index in [1.165, 1.54) is 19.3 Å². The third kappa shape index (κ3) is 4.66. The Balaban J connectivity index is 2.51. The van der Waals surface area contributed by atoms with Crippen LogP contribution in [0.5, 0.6) is 0 Å². The molecule has 4 nitrogen and oxygen atoms in total. The van der Waals surface area contributed by atoms with Crippen molar-refractivity contribution in [3.8, 4) is 0 Å². The topological polar surface area (TPSA) is 55.1 Å². The van der Waals surface area contributed by atoms with Gasteiger partial charge in [-0.15, -0.1) is 0 Å². The lowest BCUT2D eigenvalue weighted by molar-refractivity contribution is 0.0924. The number of nitrogens with one attached hydrogen (secondary N) is 1. The second kappa shape index (κ2) is 7.46. The van der Waals surface area contributed by atoms with Crippen LogP contribution in [0.25, 0.3) is 0 Å². The standard InChI is InChI=1S/C16H28N2O2/c1-6-8-9-10-16(4,5)11-17-15(19)14-12(3)13(7-2)20-18-14/h6-11H2,1-5H3,(H,17,19). The Labute approximate surface area is 122 Å². The second-order valence-corrected chi connectivity index (χ2v) is 6.24. The van der Waals surface area contributed by atoms with Crippen molar-refractivity contribution in [2.45, 2.75) is 66.7 Å². The van der Waals surface area contributed by atoms with Crippen molar-refractivity contribution in [2.75, 3.05) is 6.54 Å².